The van der Waals surface area contributed by atoms with Crippen molar-refractivity contribution in [2.45, 2.75) is 25.3 Å². The van der Waals surface area contributed by atoms with Crippen LogP contribution in [0, 0.1) is 5.92 Å². The predicted octanol–water partition coefficient (Wildman–Crippen LogP) is -0.265. The van der Waals surface area contributed by atoms with Crippen LogP contribution in [0.4, 0.5) is 0 Å². The number of sulfonamides is 1. The summed E-state index contributed by atoms with van der Waals surface area (Å²) in [5.74, 6) is -0.993. The van der Waals surface area contributed by atoms with E-state index in [0.29, 0.717) is 5.69 Å². The van der Waals surface area contributed by atoms with E-state index >= 15 is 0 Å². The van der Waals surface area contributed by atoms with Gasteiger partial charge in [0.05, 0.1) is 12.1 Å². The molecule has 7 nitrogen and oxygen atoms in total. The number of nitrogens with one attached hydrogen (secondary N) is 2. The van der Waals surface area contributed by atoms with Crippen molar-refractivity contribution in [2.24, 2.45) is 5.92 Å². The number of aliphatic carboxylic acids is 1. The Morgan fingerprint density at radius 3 is 2.83 bits per heavy atom. The zero-order chi connectivity index (χ0) is 13.2. The van der Waals surface area contributed by atoms with Crippen molar-refractivity contribution in [3.05, 3.63) is 18.2 Å². The van der Waals surface area contributed by atoms with Gasteiger partial charge in [0.1, 0.15) is 6.04 Å². The number of hydrogen-bond acceptors (Lipinski definition) is 4. The number of nitrogens with zero attached hydrogens (tertiary/aromatic N) is 1. The third kappa shape index (κ3) is 3.81. The van der Waals surface area contributed by atoms with Gasteiger partial charge in [0.15, 0.2) is 0 Å². The topological polar surface area (TPSA) is 112 Å². The highest BCUT2D eigenvalue weighted by atomic mass is 32.2. The lowest BCUT2D eigenvalue weighted by molar-refractivity contribution is -0.138. The zero-order valence-corrected chi connectivity index (χ0v) is 10.5. The van der Waals surface area contributed by atoms with Crippen LogP contribution in [0.2, 0.25) is 0 Å². The predicted molar refractivity (Wildman–Crippen MR) is 63.4 cm³/mol. The first kappa shape index (κ1) is 13.0. The van der Waals surface area contributed by atoms with E-state index in [-0.39, 0.29) is 18.1 Å². The van der Waals surface area contributed by atoms with Crippen molar-refractivity contribution in [3.8, 4) is 0 Å². The molecular weight excluding hydrogens is 258 g/mol. The largest absolute Gasteiger partial charge is 0.480 e. The molecule has 1 unspecified atom stereocenters. The van der Waals surface area contributed by atoms with Crippen LogP contribution in [0.15, 0.2) is 12.5 Å². The number of aromatic amines is 1. The van der Waals surface area contributed by atoms with Crippen molar-refractivity contribution in [1.82, 2.24) is 14.7 Å². The molecular formula is C10H15N3O4S. The minimum absolute atomic E-state index is 0.0136. The molecule has 0 bridgehead atoms. The average Bonchev–Trinajstić information content (AvgIpc) is 2.91. The Morgan fingerprint density at radius 1 is 1.61 bits per heavy atom. The maximum Gasteiger partial charge on any atom is 0.322 e. The number of aromatic nitrogens is 2. The summed E-state index contributed by atoms with van der Waals surface area (Å²) in [5.41, 5.74) is 0.580. The third-order valence-electron chi connectivity index (χ3n) is 2.75. The van der Waals surface area contributed by atoms with Crippen LogP contribution >= 0.6 is 0 Å². The molecule has 0 radical (unpaired) electrons. The van der Waals surface area contributed by atoms with Gasteiger partial charge in [-0.3, -0.25) is 4.79 Å². The summed E-state index contributed by atoms with van der Waals surface area (Å²) in [6.45, 7) is 0. The smallest absolute Gasteiger partial charge is 0.322 e. The quantitative estimate of drug-likeness (QED) is 0.633. The minimum atomic E-state index is -3.53. The Morgan fingerprint density at radius 2 is 2.33 bits per heavy atom. The fraction of sp³-hybridized carbons (Fsp3) is 0.600. The average molecular weight is 273 g/mol. The van der Waals surface area contributed by atoms with Gasteiger partial charge in [-0.25, -0.2) is 18.1 Å². The van der Waals surface area contributed by atoms with Gasteiger partial charge in [0, 0.05) is 18.3 Å². The van der Waals surface area contributed by atoms with Gasteiger partial charge in [-0.15, -0.1) is 0 Å². The monoisotopic (exact) mass is 273 g/mol. The van der Waals surface area contributed by atoms with E-state index in [1.807, 2.05) is 0 Å². The molecule has 0 saturated heterocycles. The standard InChI is InChI=1S/C10H15N3O4S/c14-10(15)9(3-8-4-11-6-12-8)13-18(16,17)5-7-1-2-7/h4,6-7,9,13H,1-3,5H2,(H,11,12)(H,14,15). The van der Waals surface area contributed by atoms with Crippen molar-refractivity contribution in [1.29, 1.82) is 0 Å². The van der Waals surface area contributed by atoms with E-state index < -0.39 is 22.0 Å². The fourth-order valence-corrected chi connectivity index (χ4v) is 3.32. The van der Waals surface area contributed by atoms with Gasteiger partial charge in [-0.1, -0.05) is 0 Å². The third-order valence-corrected chi connectivity index (χ3v) is 4.30. The highest BCUT2D eigenvalue weighted by Crippen LogP contribution is 2.30. The first-order chi connectivity index (χ1) is 8.46. The fourth-order valence-electron chi connectivity index (χ4n) is 1.66. The number of carbonyl (C=O) groups is 1. The van der Waals surface area contributed by atoms with Crippen molar-refractivity contribution in [2.75, 3.05) is 5.75 Å². The van der Waals surface area contributed by atoms with E-state index in [2.05, 4.69) is 14.7 Å². The maximum absolute atomic E-state index is 11.7. The number of H-pyrrole nitrogens is 1. The normalized spacial score (nSPS) is 17.6. The summed E-state index contributed by atoms with van der Waals surface area (Å²) in [4.78, 5) is 17.6. The van der Waals surface area contributed by atoms with Gasteiger partial charge in [-0.05, 0) is 18.8 Å². The second kappa shape index (κ2) is 5.07. The molecule has 18 heavy (non-hydrogen) atoms. The summed E-state index contributed by atoms with van der Waals surface area (Å²) in [7, 11) is -3.53. The molecule has 1 aromatic rings. The lowest BCUT2D eigenvalue weighted by Gasteiger charge is -2.13. The lowest BCUT2D eigenvalue weighted by atomic mass is 10.2. The Bertz CT molecular complexity index is 507. The van der Waals surface area contributed by atoms with Crippen molar-refractivity contribution in [3.63, 3.8) is 0 Å². The SMILES string of the molecule is O=C(O)C(Cc1cnc[nH]1)NS(=O)(=O)CC1CC1. The van der Waals surface area contributed by atoms with E-state index in [1.54, 1.807) is 0 Å². The molecule has 2 rings (SSSR count). The Kier molecular flexibility index (Phi) is 3.67. The minimum Gasteiger partial charge on any atom is -0.480 e. The van der Waals surface area contributed by atoms with E-state index in [4.69, 9.17) is 5.11 Å². The molecule has 1 saturated carbocycles. The van der Waals surface area contributed by atoms with Crippen LogP contribution in [0.25, 0.3) is 0 Å². The van der Waals surface area contributed by atoms with Crippen LogP contribution in [0.3, 0.4) is 0 Å². The van der Waals surface area contributed by atoms with E-state index in [0.717, 1.165) is 12.8 Å². The maximum atomic E-state index is 11.7. The molecule has 1 heterocycles. The van der Waals surface area contributed by atoms with E-state index in [1.165, 1.54) is 12.5 Å². The zero-order valence-electron chi connectivity index (χ0n) is 9.67. The molecule has 1 aromatic heterocycles. The number of carboxylic acids is 1. The summed E-state index contributed by atoms with van der Waals surface area (Å²) >= 11 is 0. The van der Waals surface area contributed by atoms with Crippen LogP contribution in [0.1, 0.15) is 18.5 Å². The van der Waals surface area contributed by atoms with E-state index in [9.17, 15) is 13.2 Å². The summed E-state index contributed by atoms with van der Waals surface area (Å²) in [6, 6.07) is -1.16. The van der Waals surface area contributed by atoms with Crippen LogP contribution < -0.4 is 4.72 Å². The molecule has 0 aromatic carbocycles. The lowest BCUT2D eigenvalue weighted by Crippen LogP contribution is -2.43. The molecule has 3 N–H and O–H groups in total. The number of imidazole rings is 1. The van der Waals surface area contributed by atoms with Crippen molar-refractivity contribution < 1.29 is 18.3 Å². The van der Waals surface area contributed by atoms with Gasteiger partial charge in [0.25, 0.3) is 0 Å². The molecule has 8 heteroatoms. The molecule has 1 fully saturated rings. The summed E-state index contributed by atoms with van der Waals surface area (Å²) < 4.78 is 25.7. The summed E-state index contributed by atoms with van der Waals surface area (Å²) in [6.07, 6.45) is 4.76. The first-order valence-electron chi connectivity index (χ1n) is 5.66. The Labute approximate surface area is 105 Å². The molecule has 1 atom stereocenters. The molecule has 100 valence electrons. The number of hydrogen-bond donors (Lipinski definition) is 3. The van der Waals surface area contributed by atoms with Gasteiger partial charge < -0.3 is 10.1 Å². The second-order valence-corrected chi connectivity index (χ2v) is 6.31. The van der Waals surface area contributed by atoms with Crippen LogP contribution in [0.5, 0.6) is 0 Å². The molecule has 0 aliphatic heterocycles. The Hall–Kier alpha value is -1.41. The highest BCUT2D eigenvalue weighted by Gasteiger charge is 2.31. The van der Waals surface area contributed by atoms with Gasteiger partial charge in [0.2, 0.25) is 10.0 Å². The number of carboxylic acid groups (broad SMARTS) is 1. The molecule has 1 aliphatic rings. The number of rotatable bonds is 7. The molecule has 0 spiro atoms. The second-order valence-electron chi connectivity index (χ2n) is 4.51. The van der Waals surface area contributed by atoms with Crippen LogP contribution in [-0.4, -0.2) is 41.3 Å². The molecule has 1 aliphatic carbocycles. The first-order valence-corrected chi connectivity index (χ1v) is 7.31. The van der Waals surface area contributed by atoms with Crippen LogP contribution in [-0.2, 0) is 21.2 Å². The highest BCUT2D eigenvalue weighted by molar-refractivity contribution is 7.89. The summed E-state index contributed by atoms with van der Waals surface area (Å²) in [5, 5.41) is 9.02. The van der Waals surface area contributed by atoms with Gasteiger partial charge >= 0.3 is 5.97 Å². The molecule has 0 amide bonds. The Balaban J connectivity index is 1.99. The van der Waals surface area contributed by atoms with Crippen molar-refractivity contribution >= 4 is 16.0 Å². The van der Waals surface area contributed by atoms with Gasteiger partial charge in [-0.2, -0.15) is 0 Å².